The number of rotatable bonds is 5. The standard InChI is InChI=1S/C18H13Cl2F3N6O2.C3H8O.Y/c1-8-5-9(19)6-10(16(30)27-24)14(8)26-17(31)12-7-13(18(21,22)23)28-29(12)15-11(20)3-2-4-25-15;1-2-3-4;/h2-7H,1H3,(H4,24,26,27,28,30,31);4H,2-3H2,1H3;/p-1. The van der Waals surface area contributed by atoms with Crippen LogP contribution in [0.15, 0.2) is 36.5 Å². The summed E-state index contributed by atoms with van der Waals surface area (Å²) in [6, 6.07) is 6.05. The third kappa shape index (κ3) is 7.96. The molecule has 2 aromatic heterocycles. The number of carbonyl (C=O) groups is 2. The van der Waals surface area contributed by atoms with Crippen molar-refractivity contribution in [3.63, 3.8) is 0 Å². The SMILES string of the molecule is CCCO.Cc1cc(Cl)cc(C(=O)[N-]N)c1NC(=O)c1cc(C(F)(F)F)nn1-c1ncccc1Cl.[Y]. The summed E-state index contributed by atoms with van der Waals surface area (Å²) in [5.41, 5.74) is 1.38. The quantitative estimate of drug-likeness (QED) is 0.210. The van der Waals surface area contributed by atoms with Crippen LogP contribution < -0.4 is 11.2 Å². The second-order valence-corrected chi connectivity index (χ2v) is 7.73. The number of amides is 2. The maximum atomic E-state index is 13.3. The molecule has 1 aromatic carbocycles. The molecule has 0 saturated heterocycles. The number of aliphatic hydroxyl groups is 1. The van der Waals surface area contributed by atoms with E-state index >= 15 is 0 Å². The monoisotopic (exact) mass is 620 g/mol. The molecular weight excluding hydrogens is 601 g/mol. The first-order valence-electron chi connectivity index (χ1n) is 9.90. The van der Waals surface area contributed by atoms with Crippen molar-refractivity contribution in [3.8, 4) is 5.82 Å². The molecule has 0 aliphatic rings. The van der Waals surface area contributed by atoms with Crippen molar-refractivity contribution in [2.45, 2.75) is 26.4 Å². The summed E-state index contributed by atoms with van der Waals surface area (Å²) in [5.74, 6) is 2.95. The fraction of sp³-hybridized carbons (Fsp3) is 0.238. The van der Waals surface area contributed by atoms with Crippen molar-refractivity contribution in [2.24, 2.45) is 5.84 Å². The Labute approximate surface area is 239 Å². The van der Waals surface area contributed by atoms with Gasteiger partial charge in [-0.1, -0.05) is 30.1 Å². The normalized spacial score (nSPS) is 10.6. The van der Waals surface area contributed by atoms with Gasteiger partial charge in [0, 0.05) is 62.2 Å². The smallest absolute Gasteiger partial charge is 0.435 e. The van der Waals surface area contributed by atoms with Gasteiger partial charge in [0.1, 0.15) is 5.69 Å². The van der Waals surface area contributed by atoms with Gasteiger partial charge in [0.05, 0.1) is 16.6 Å². The predicted molar refractivity (Wildman–Crippen MR) is 125 cm³/mol. The Bertz CT molecular complexity index is 1220. The molecule has 3 aromatic rings. The van der Waals surface area contributed by atoms with Gasteiger partial charge in [0.2, 0.25) is 0 Å². The number of nitrogens with one attached hydrogen (secondary N) is 1. The molecule has 2 amide bonds. The maximum absolute atomic E-state index is 13.3. The summed E-state index contributed by atoms with van der Waals surface area (Å²) in [6.45, 7) is 3.78. The molecule has 3 rings (SSSR count). The Morgan fingerprint density at radius 3 is 2.42 bits per heavy atom. The number of carbonyl (C=O) groups excluding carboxylic acids is 2. The van der Waals surface area contributed by atoms with Gasteiger partial charge in [0.15, 0.2) is 11.5 Å². The van der Waals surface area contributed by atoms with E-state index in [0.29, 0.717) is 22.9 Å². The van der Waals surface area contributed by atoms with Crippen LogP contribution in [0.1, 0.15) is 45.4 Å². The minimum atomic E-state index is -4.84. The number of nitrogens with two attached hydrogens (primary N) is 1. The molecule has 191 valence electrons. The van der Waals surface area contributed by atoms with Crippen LogP contribution in [-0.2, 0) is 38.9 Å². The Morgan fingerprint density at radius 2 is 1.89 bits per heavy atom. The second-order valence-electron chi connectivity index (χ2n) is 6.89. The topological polar surface area (TPSA) is 137 Å². The van der Waals surface area contributed by atoms with E-state index in [1.54, 1.807) is 0 Å². The molecule has 0 bridgehead atoms. The van der Waals surface area contributed by atoms with Gasteiger partial charge in [-0.15, -0.1) is 0 Å². The van der Waals surface area contributed by atoms with Gasteiger partial charge in [0.25, 0.3) is 5.91 Å². The van der Waals surface area contributed by atoms with Gasteiger partial charge in [-0.05, 0) is 43.2 Å². The predicted octanol–water partition coefficient (Wildman–Crippen LogP) is 4.93. The summed E-state index contributed by atoms with van der Waals surface area (Å²) >= 11 is 12.0. The molecule has 0 saturated carbocycles. The van der Waals surface area contributed by atoms with Gasteiger partial charge < -0.3 is 26.5 Å². The van der Waals surface area contributed by atoms with Crippen molar-refractivity contribution in [2.75, 3.05) is 11.9 Å². The zero-order chi connectivity index (χ0) is 26.3. The van der Waals surface area contributed by atoms with E-state index < -0.39 is 29.4 Å². The first-order valence-corrected chi connectivity index (χ1v) is 10.7. The van der Waals surface area contributed by atoms with Crippen LogP contribution in [0.3, 0.4) is 0 Å². The van der Waals surface area contributed by atoms with Crippen LogP contribution in [0.5, 0.6) is 0 Å². The average Bonchev–Trinajstić information content (AvgIpc) is 3.26. The number of nitrogens with zero attached hydrogens (tertiary/aromatic N) is 4. The number of aliphatic hydroxyl groups excluding tert-OH is 1. The largest absolute Gasteiger partial charge is 0.590 e. The first kappa shape index (κ1) is 31.9. The van der Waals surface area contributed by atoms with Crippen LogP contribution in [0, 0.1) is 6.92 Å². The molecule has 0 aliphatic heterocycles. The summed E-state index contributed by atoms with van der Waals surface area (Å²) in [6.07, 6.45) is -2.68. The van der Waals surface area contributed by atoms with E-state index in [-0.39, 0.29) is 59.8 Å². The van der Waals surface area contributed by atoms with E-state index in [1.165, 1.54) is 37.4 Å². The van der Waals surface area contributed by atoms with Gasteiger partial charge in [-0.3, -0.25) is 4.79 Å². The van der Waals surface area contributed by atoms with Crippen molar-refractivity contribution >= 4 is 40.7 Å². The van der Waals surface area contributed by atoms with Crippen molar-refractivity contribution in [1.29, 1.82) is 0 Å². The number of halogens is 5. The van der Waals surface area contributed by atoms with E-state index in [4.69, 9.17) is 34.2 Å². The first-order chi connectivity index (χ1) is 16.4. The molecule has 0 atom stereocenters. The Balaban J connectivity index is 0.00000120. The van der Waals surface area contributed by atoms with Crippen molar-refractivity contribution < 1.29 is 60.6 Å². The van der Waals surface area contributed by atoms with Crippen LogP contribution >= 0.6 is 23.2 Å². The van der Waals surface area contributed by atoms with Crippen LogP contribution in [0.2, 0.25) is 10.0 Å². The minimum Gasteiger partial charge on any atom is -0.590 e. The molecule has 36 heavy (non-hydrogen) atoms. The molecule has 9 nitrogen and oxygen atoms in total. The zero-order valence-electron chi connectivity index (χ0n) is 19.0. The van der Waals surface area contributed by atoms with E-state index in [1.807, 2.05) is 6.92 Å². The number of hydrogen-bond donors (Lipinski definition) is 3. The molecule has 4 N–H and O–H groups in total. The molecule has 15 heteroatoms. The van der Waals surface area contributed by atoms with Crippen LogP contribution in [0.25, 0.3) is 11.2 Å². The molecule has 0 aliphatic carbocycles. The van der Waals surface area contributed by atoms with Gasteiger partial charge in [-0.2, -0.15) is 18.3 Å². The van der Waals surface area contributed by atoms with Crippen molar-refractivity contribution in [3.05, 3.63) is 74.5 Å². The van der Waals surface area contributed by atoms with Crippen LogP contribution in [0.4, 0.5) is 18.9 Å². The number of anilines is 1. The van der Waals surface area contributed by atoms with Crippen molar-refractivity contribution in [1.82, 2.24) is 14.8 Å². The number of hydrogen-bond acceptors (Lipinski definition) is 6. The molecule has 0 spiro atoms. The average molecular weight is 621 g/mol. The summed E-state index contributed by atoms with van der Waals surface area (Å²) in [7, 11) is 0. The molecule has 2 heterocycles. The third-order valence-corrected chi connectivity index (χ3v) is 4.80. The summed E-state index contributed by atoms with van der Waals surface area (Å²) < 4.78 is 40.5. The fourth-order valence-corrected chi connectivity index (χ4v) is 3.18. The minimum absolute atomic E-state index is 0. The number of aromatic nitrogens is 3. The maximum Gasteiger partial charge on any atom is 0.435 e. The number of pyridine rings is 1. The summed E-state index contributed by atoms with van der Waals surface area (Å²) in [5, 5.41) is 13.9. The molecule has 0 unspecified atom stereocenters. The Kier molecular flexibility index (Phi) is 12.4. The van der Waals surface area contributed by atoms with Gasteiger partial charge in [-0.25, -0.2) is 9.67 Å². The number of alkyl halides is 3. The zero-order valence-corrected chi connectivity index (χ0v) is 23.3. The second kappa shape index (κ2) is 14.0. The molecule has 1 radical (unpaired) electrons. The van der Waals surface area contributed by atoms with Gasteiger partial charge >= 0.3 is 6.18 Å². The summed E-state index contributed by atoms with van der Waals surface area (Å²) in [4.78, 5) is 28.9. The molecular formula is C21H20Cl2F3N6O3Y-. The Morgan fingerprint density at radius 1 is 1.25 bits per heavy atom. The van der Waals surface area contributed by atoms with E-state index in [0.717, 1.165) is 6.42 Å². The molecule has 0 fully saturated rings. The fourth-order valence-electron chi connectivity index (χ4n) is 2.70. The van der Waals surface area contributed by atoms with Crippen LogP contribution in [-0.4, -0.2) is 38.3 Å². The number of benzene rings is 1. The Hall–Kier alpha value is -2.09. The van der Waals surface area contributed by atoms with E-state index in [9.17, 15) is 22.8 Å². The van der Waals surface area contributed by atoms with E-state index in [2.05, 4.69) is 20.8 Å². The third-order valence-electron chi connectivity index (χ3n) is 4.28. The number of aryl methyl sites for hydroxylation is 1.